The molecule has 0 radical (unpaired) electrons. The molecule has 1 fully saturated rings. The normalized spacial score (nSPS) is 15.8. The summed E-state index contributed by atoms with van der Waals surface area (Å²) in [6, 6.07) is 5.10. The van der Waals surface area contributed by atoms with Crippen LogP contribution in [-0.4, -0.2) is 40.5 Å². The van der Waals surface area contributed by atoms with E-state index in [0.717, 1.165) is 23.9 Å². The van der Waals surface area contributed by atoms with Gasteiger partial charge in [0.15, 0.2) is 0 Å². The maximum absolute atomic E-state index is 14.3. The summed E-state index contributed by atoms with van der Waals surface area (Å²) < 4.78 is 17.0. The summed E-state index contributed by atoms with van der Waals surface area (Å²) in [4.78, 5) is 22.3. The van der Waals surface area contributed by atoms with Crippen LogP contribution in [-0.2, 0) is 16.2 Å². The van der Waals surface area contributed by atoms with Crippen molar-refractivity contribution in [3.63, 3.8) is 0 Å². The van der Waals surface area contributed by atoms with E-state index in [0.29, 0.717) is 27.3 Å². The highest BCUT2D eigenvalue weighted by Gasteiger charge is 2.18. The van der Waals surface area contributed by atoms with Crippen molar-refractivity contribution in [1.82, 2.24) is 15.0 Å². The highest BCUT2D eigenvalue weighted by Crippen LogP contribution is 2.28. The summed E-state index contributed by atoms with van der Waals surface area (Å²) in [5.41, 5.74) is 2.71. The molecule has 1 aliphatic carbocycles. The van der Waals surface area contributed by atoms with E-state index in [9.17, 15) is 9.18 Å². The molecule has 34 heavy (non-hydrogen) atoms. The number of nitrogens with zero attached hydrogens (tertiary/aromatic N) is 2. The predicted molar refractivity (Wildman–Crippen MR) is 135 cm³/mol. The van der Waals surface area contributed by atoms with E-state index in [1.54, 1.807) is 30.6 Å². The molecule has 0 unspecified atom stereocenters. The molecule has 1 saturated carbocycles. The quantitative estimate of drug-likeness (QED) is 0.237. The molecule has 0 atom stereocenters. The number of aromatic nitrogens is 2. The number of amides is 1. The van der Waals surface area contributed by atoms with Crippen LogP contribution in [0.2, 0.25) is 5.02 Å². The minimum absolute atomic E-state index is 0.000799. The van der Waals surface area contributed by atoms with Gasteiger partial charge in [0.05, 0.1) is 52.2 Å². The molecule has 7 nitrogen and oxygen atoms in total. The largest absolute Gasteiger partial charge is 0.394 e. The summed E-state index contributed by atoms with van der Waals surface area (Å²) in [5.74, 6) is -0.157. The average molecular weight is 556 g/mol. The Morgan fingerprint density at radius 2 is 2.15 bits per heavy atom. The van der Waals surface area contributed by atoms with Crippen molar-refractivity contribution in [2.24, 2.45) is 5.92 Å². The fourth-order valence-corrected chi connectivity index (χ4v) is 4.68. The van der Waals surface area contributed by atoms with Gasteiger partial charge in [-0.05, 0) is 43.0 Å². The second kappa shape index (κ2) is 13.0. The lowest BCUT2D eigenvalue weighted by molar-refractivity contribution is -0.129. The van der Waals surface area contributed by atoms with Gasteiger partial charge in [0.25, 0.3) is 5.91 Å². The Balaban J connectivity index is 2.03. The fraction of sp³-hybridized carbons (Fsp3) is 0.417. The van der Waals surface area contributed by atoms with Gasteiger partial charge in [-0.3, -0.25) is 9.63 Å². The molecule has 0 saturated heterocycles. The first-order valence-electron chi connectivity index (χ1n) is 11.2. The molecule has 184 valence electrons. The molecular formula is C24H29BrClFN4O3. The lowest BCUT2D eigenvalue weighted by atomic mass is 9.89. The van der Waals surface area contributed by atoms with Crippen LogP contribution >= 0.6 is 27.5 Å². The SMILES string of the molecule is C=c1ncn(CC2CCCCC2)/c1=C/C(C(=O)NOCCO)=C(\CF)Nc1ccc(Br)cc1Cl. The van der Waals surface area contributed by atoms with Crippen molar-refractivity contribution in [3.8, 4) is 0 Å². The molecule has 1 amide bonds. The third-order valence-corrected chi connectivity index (χ3v) is 6.50. The Bertz CT molecular complexity index is 1130. The van der Waals surface area contributed by atoms with Crippen LogP contribution < -0.4 is 21.5 Å². The number of alkyl halides is 1. The van der Waals surface area contributed by atoms with E-state index in [1.165, 1.54) is 19.3 Å². The molecule has 3 N–H and O–H groups in total. The second-order valence-electron chi connectivity index (χ2n) is 8.16. The number of nitrogens with one attached hydrogen (secondary N) is 2. The van der Waals surface area contributed by atoms with E-state index in [4.69, 9.17) is 21.5 Å². The van der Waals surface area contributed by atoms with Gasteiger partial charge in [0.1, 0.15) is 6.67 Å². The molecule has 1 aromatic carbocycles. The minimum atomic E-state index is -0.963. The van der Waals surface area contributed by atoms with Crippen molar-refractivity contribution >= 4 is 51.8 Å². The first kappa shape index (κ1) is 26.4. The van der Waals surface area contributed by atoms with Crippen LogP contribution in [0.3, 0.4) is 0 Å². The highest BCUT2D eigenvalue weighted by molar-refractivity contribution is 9.10. The van der Waals surface area contributed by atoms with E-state index in [-0.39, 0.29) is 24.5 Å². The fourth-order valence-electron chi connectivity index (χ4n) is 3.96. The Kier molecular flexibility index (Phi) is 10.1. The van der Waals surface area contributed by atoms with Crippen LogP contribution in [0.25, 0.3) is 12.7 Å². The smallest absolute Gasteiger partial charge is 0.276 e. The predicted octanol–water partition coefficient (Wildman–Crippen LogP) is 3.45. The molecule has 1 heterocycles. The van der Waals surface area contributed by atoms with E-state index in [2.05, 4.69) is 38.3 Å². The summed E-state index contributed by atoms with van der Waals surface area (Å²) in [7, 11) is 0. The first-order chi connectivity index (χ1) is 16.4. The van der Waals surface area contributed by atoms with Crippen LogP contribution in [0.4, 0.5) is 10.1 Å². The number of aliphatic hydroxyl groups is 1. The number of anilines is 1. The van der Waals surface area contributed by atoms with Gasteiger partial charge in [-0.25, -0.2) is 14.9 Å². The maximum atomic E-state index is 14.3. The summed E-state index contributed by atoms with van der Waals surface area (Å²) in [6.07, 6.45) is 9.21. The lowest BCUT2D eigenvalue weighted by Crippen LogP contribution is -2.34. The zero-order valence-electron chi connectivity index (χ0n) is 18.8. The number of allylic oxidation sites excluding steroid dienone is 1. The highest BCUT2D eigenvalue weighted by atomic mass is 79.9. The van der Waals surface area contributed by atoms with Crippen LogP contribution in [0.5, 0.6) is 0 Å². The minimum Gasteiger partial charge on any atom is -0.394 e. The van der Waals surface area contributed by atoms with E-state index >= 15 is 0 Å². The summed E-state index contributed by atoms with van der Waals surface area (Å²) in [5, 5.41) is 13.3. The Hall–Kier alpha value is -2.20. The molecule has 0 spiro atoms. The van der Waals surface area contributed by atoms with Crippen LogP contribution in [0.1, 0.15) is 32.1 Å². The van der Waals surface area contributed by atoms with Gasteiger partial charge in [0.2, 0.25) is 0 Å². The second-order valence-corrected chi connectivity index (χ2v) is 9.48. The molecule has 1 aromatic heterocycles. The average Bonchev–Trinajstić information content (AvgIpc) is 3.17. The standard InChI is InChI=1S/C24H29BrClFN4O3/c1-16-23(31(15-28-16)14-17-5-3-2-4-6-17)12-19(24(33)30-34-10-9-32)22(13-27)29-21-8-7-18(25)11-20(21)26/h7-8,11-12,15,17,29,32H,1-6,9-10,13-14H2,(H,30,33)/b22-19-,23-12+. The molecule has 10 heteroatoms. The molecule has 0 bridgehead atoms. The van der Waals surface area contributed by atoms with Gasteiger partial charge in [0, 0.05) is 11.0 Å². The molecule has 0 aliphatic heterocycles. The number of imidazole rings is 1. The van der Waals surface area contributed by atoms with Gasteiger partial charge >= 0.3 is 0 Å². The number of carbonyl (C=O) groups is 1. The number of halogens is 3. The number of benzene rings is 1. The van der Waals surface area contributed by atoms with Crippen LogP contribution in [0.15, 0.2) is 40.3 Å². The Morgan fingerprint density at radius 1 is 1.38 bits per heavy atom. The summed E-state index contributed by atoms with van der Waals surface area (Å²) in [6.45, 7) is 3.40. The van der Waals surface area contributed by atoms with Gasteiger partial charge in [-0.1, -0.05) is 53.4 Å². The maximum Gasteiger partial charge on any atom is 0.276 e. The number of hydrogen-bond acceptors (Lipinski definition) is 5. The van der Waals surface area contributed by atoms with Gasteiger partial charge in [-0.15, -0.1) is 0 Å². The van der Waals surface area contributed by atoms with Crippen molar-refractivity contribution < 1.29 is 19.1 Å². The number of hydrogen-bond donors (Lipinski definition) is 3. The number of aliphatic hydroxyl groups excluding tert-OH is 1. The van der Waals surface area contributed by atoms with E-state index in [1.807, 2.05) is 4.57 Å². The zero-order valence-corrected chi connectivity index (χ0v) is 21.2. The van der Waals surface area contributed by atoms with E-state index < -0.39 is 12.6 Å². The zero-order chi connectivity index (χ0) is 24.5. The number of rotatable bonds is 10. The first-order valence-corrected chi connectivity index (χ1v) is 12.4. The van der Waals surface area contributed by atoms with Crippen molar-refractivity contribution in [2.45, 2.75) is 38.6 Å². The van der Waals surface area contributed by atoms with Crippen molar-refractivity contribution in [2.75, 3.05) is 25.2 Å². The van der Waals surface area contributed by atoms with Crippen molar-refractivity contribution in [1.29, 1.82) is 0 Å². The number of carbonyl (C=O) groups excluding carboxylic acids is 1. The molecule has 2 aromatic rings. The van der Waals surface area contributed by atoms with Gasteiger partial charge in [-0.2, -0.15) is 0 Å². The Morgan fingerprint density at radius 3 is 2.82 bits per heavy atom. The molecular weight excluding hydrogens is 527 g/mol. The molecule has 3 rings (SSSR count). The number of hydroxylamine groups is 1. The lowest BCUT2D eigenvalue weighted by Gasteiger charge is -2.22. The topological polar surface area (TPSA) is 88.4 Å². The molecule has 1 aliphatic rings. The van der Waals surface area contributed by atoms with Gasteiger partial charge < -0.3 is 15.0 Å². The third kappa shape index (κ3) is 7.15. The third-order valence-electron chi connectivity index (χ3n) is 5.70. The van der Waals surface area contributed by atoms with Crippen LogP contribution in [0, 0.1) is 5.92 Å². The Labute approximate surface area is 211 Å². The monoisotopic (exact) mass is 554 g/mol. The summed E-state index contributed by atoms with van der Waals surface area (Å²) >= 11 is 9.64. The van der Waals surface area contributed by atoms with Crippen molar-refractivity contribution in [3.05, 3.63) is 56.0 Å².